The second-order valence-electron chi connectivity index (χ2n) is 6.52. The lowest BCUT2D eigenvalue weighted by Gasteiger charge is -2.19. The second-order valence-corrected chi connectivity index (χ2v) is 6.52. The van der Waals surface area contributed by atoms with E-state index in [9.17, 15) is 4.79 Å². The van der Waals surface area contributed by atoms with E-state index in [4.69, 9.17) is 4.74 Å². The number of hydrogen-bond acceptors (Lipinski definition) is 6. The van der Waals surface area contributed by atoms with Crippen LogP contribution in [0.2, 0.25) is 0 Å². The molecule has 1 aliphatic carbocycles. The fourth-order valence-corrected chi connectivity index (χ4v) is 2.76. The predicted octanol–water partition coefficient (Wildman–Crippen LogP) is 3.47. The molecule has 0 aliphatic heterocycles. The van der Waals surface area contributed by atoms with Crippen molar-refractivity contribution < 1.29 is 9.53 Å². The van der Waals surface area contributed by atoms with Crippen LogP contribution in [0.3, 0.4) is 0 Å². The Morgan fingerprint density at radius 1 is 1.31 bits per heavy atom. The van der Waals surface area contributed by atoms with E-state index in [1.165, 1.54) is 5.69 Å². The Hall–Kier alpha value is -2.63. The van der Waals surface area contributed by atoms with Gasteiger partial charge in [-0.05, 0) is 38.3 Å². The number of ether oxygens (including phenoxy) is 1. The molecular weight excluding hydrogens is 328 g/mol. The van der Waals surface area contributed by atoms with Crippen molar-refractivity contribution in [2.24, 2.45) is 0 Å². The van der Waals surface area contributed by atoms with Crippen LogP contribution in [0.4, 0.5) is 11.5 Å². The molecule has 0 spiro atoms. The van der Waals surface area contributed by atoms with Crippen LogP contribution in [0.5, 0.6) is 0 Å². The maximum absolute atomic E-state index is 12.1. The quantitative estimate of drug-likeness (QED) is 0.549. The molecule has 1 heterocycles. The number of carbonyl (C=O) groups is 1. The molecule has 1 saturated carbocycles. The van der Waals surface area contributed by atoms with Gasteiger partial charge in [-0.25, -0.2) is 14.8 Å². The number of para-hydroxylation sites is 1. The fourth-order valence-electron chi connectivity index (χ4n) is 2.76. The molecule has 1 aromatic carbocycles. The summed E-state index contributed by atoms with van der Waals surface area (Å²) in [5.41, 5.74) is 1.60. The van der Waals surface area contributed by atoms with E-state index in [1.54, 1.807) is 13.1 Å². The zero-order valence-corrected chi connectivity index (χ0v) is 15.4. The van der Waals surface area contributed by atoms with E-state index >= 15 is 0 Å². The van der Waals surface area contributed by atoms with Gasteiger partial charge in [0, 0.05) is 37.9 Å². The maximum atomic E-state index is 12.1. The Morgan fingerprint density at radius 3 is 2.77 bits per heavy atom. The van der Waals surface area contributed by atoms with Gasteiger partial charge in [0.05, 0.1) is 6.61 Å². The van der Waals surface area contributed by atoms with Gasteiger partial charge >= 0.3 is 5.97 Å². The van der Waals surface area contributed by atoms with Crippen LogP contribution in [0.1, 0.15) is 48.3 Å². The summed E-state index contributed by atoms with van der Waals surface area (Å²) in [5.74, 6) is 1.47. The van der Waals surface area contributed by atoms with Gasteiger partial charge in [0.1, 0.15) is 17.2 Å². The molecule has 1 fully saturated rings. The minimum atomic E-state index is -0.376. The largest absolute Gasteiger partial charge is 0.462 e. The minimum Gasteiger partial charge on any atom is -0.462 e. The first kappa shape index (κ1) is 18.2. The summed E-state index contributed by atoms with van der Waals surface area (Å²) in [7, 11) is 2.08. The summed E-state index contributed by atoms with van der Waals surface area (Å²) in [4.78, 5) is 23.3. The van der Waals surface area contributed by atoms with Crippen LogP contribution < -0.4 is 10.2 Å². The number of esters is 1. The molecule has 1 aliphatic rings. The van der Waals surface area contributed by atoms with E-state index in [1.807, 2.05) is 18.2 Å². The van der Waals surface area contributed by atoms with Crippen molar-refractivity contribution in [2.45, 2.75) is 32.1 Å². The van der Waals surface area contributed by atoms with Crippen LogP contribution in [-0.4, -0.2) is 42.7 Å². The summed E-state index contributed by atoms with van der Waals surface area (Å²) in [6.07, 6.45) is 4.77. The molecule has 0 unspecified atom stereocenters. The van der Waals surface area contributed by atoms with Crippen molar-refractivity contribution in [1.29, 1.82) is 0 Å². The molecule has 0 atom stereocenters. The van der Waals surface area contributed by atoms with Gasteiger partial charge in [-0.15, -0.1) is 0 Å². The summed E-state index contributed by atoms with van der Waals surface area (Å²) >= 11 is 0. The molecular formula is C20H26N4O2. The highest BCUT2D eigenvalue weighted by molar-refractivity contribution is 5.94. The Balaban J connectivity index is 1.58. The molecule has 1 aromatic heterocycles. The topological polar surface area (TPSA) is 67.3 Å². The number of nitrogens with one attached hydrogen (secondary N) is 1. The lowest BCUT2D eigenvalue weighted by atomic mass is 10.2. The van der Waals surface area contributed by atoms with Crippen LogP contribution in [-0.2, 0) is 4.74 Å². The number of hydrogen-bond donors (Lipinski definition) is 1. The Labute approximate surface area is 154 Å². The lowest BCUT2D eigenvalue weighted by Crippen LogP contribution is -2.21. The first-order chi connectivity index (χ1) is 12.7. The first-order valence-electron chi connectivity index (χ1n) is 9.23. The summed E-state index contributed by atoms with van der Waals surface area (Å²) in [6.45, 7) is 3.77. The van der Waals surface area contributed by atoms with Gasteiger partial charge in [-0.2, -0.15) is 0 Å². The Kier molecular flexibility index (Phi) is 6.04. The van der Waals surface area contributed by atoms with Crippen molar-refractivity contribution in [2.75, 3.05) is 37.0 Å². The van der Waals surface area contributed by atoms with Gasteiger partial charge in [-0.3, -0.25) is 0 Å². The van der Waals surface area contributed by atoms with E-state index < -0.39 is 0 Å². The Morgan fingerprint density at radius 2 is 2.08 bits per heavy atom. The molecule has 3 rings (SSSR count). The average Bonchev–Trinajstić information content (AvgIpc) is 3.51. The maximum Gasteiger partial charge on any atom is 0.343 e. The second kappa shape index (κ2) is 8.65. The third-order valence-electron chi connectivity index (χ3n) is 4.40. The third kappa shape index (κ3) is 4.71. The van der Waals surface area contributed by atoms with Crippen LogP contribution >= 0.6 is 0 Å². The number of aromatic nitrogens is 2. The SMILES string of the molecule is CCOC(=O)c1cnc(C2CC2)nc1NCCCN(C)c1ccccc1. The van der Waals surface area contributed by atoms with Crippen LogP contribution in [0.15, 0.2) is 36.5 Å². The van der Waals surface area contributed by atoms with Gasteiger partial charge in [0.15, 0.2) is 0 Å². The number of rotatable bonds is 9. The first-order valence-corrected chi connectivity index (χ1v) is 9.23. The molecule has 2 aromatic rings. The molecule has 26 heavy (non-hydrogen) atoms. The number of carbonyl (C=O) groups excluding carboxylic acids is 1. The molecule has 1 N–H and O–H groups in total. The molecule has 6 heteroatoms. The monoisotopic (exact) mass is 354 g/mol. The Bertz CT molecular complexity index is 732. The van der Waals surface area contributed by atoms with Crippen molar-refractivity contribution in [3.63, 3.8) is 0 Å². The van der Waals surface area contributed by atoms with E-state index in [0.29, 0.717) is 23.9 Å². The number of benzene rings is 1. The highest BCUT2D eigenvalue weighted by Crippen LogP contribution is 2.38. The average molecular weight is 354 g/mol. The number of nitrogens with zero attached hydrogens (tertiary/aromatic N) is 3. The minimum absolute atomic E-state index is 0.338. The molecule has 0 radical (unpaired) electrons. The van der Waals surface area contributed by atoms with E-state index in [2.05, 4.69) is 39.4 Å². The van der Waals surface area contributed by atoms with Gasteiger partial charge in [-0.1, -0.05) is 18.2 Å². The van der Waals surface area contributed by atoms with Crippen LogP contribution in [0, 0.1) is 0 Å². The fraction of sp³-hybridized carbons (Fsp3) is 0.450. The number of anilines is 2. The zero-order valence-electron chi connectivity index (χ0n) is 15.4. The van der Waals surface area contributed by atoms with Crippen molar-refractivity contribution >= 4 is 17.5 Å². The predicted molar refractivity (Wildman–Crippen MR) is 103 cm³/mol. The molecule has 0 bridgehead atoms. The van der Waals surface area contributed by atoms with Gasteiger partial charge in [0.25, 0.3) is 0 Å². The highest BCUT2D eigenvalue weighted by Gasteiger charge is 2.28. The molecule has 138 valence electrons. The van der Waals surface area contributed by atoms with Crippen molar-refractivity contribution in [3.8, 4) is 0 Å². The highest BCUT2D eigenvalue weighted by atomic mass is 16.5. The lowest BCUT2D eigenvalue weighted by molar-refractivity contribution is 0.0526. The van der Waals surface area contributed by atoms with Gasteiger partial charge in [0.2, 0.25) is 0 Å². The van der Waals surface area contributed by atoms with E-state index in [0.717, 1.165) is 38.2 Å². The normalized spacial score (nSPS) is 13.3. The smallest absolute Gasteiger partial charge is 0.343 e. The van der Waals surface area contributed by atoms with Crippen LogP contribution in [0.25, 0.3) is 0 Å². The zero-order chi connectivity index (χ0) is 18.4. The summed E-state index contributed by atoms with van der Waals surface area (Å²) in [5, 5.41) is 3.30. The van der Waals surface area contributed by atoms with Crippen molar-refractivity contribution in [1.82, 2.24) is 9.97 Å². The molecule has 0 amide bonds. The standard InChI is InChI=1S/C20H26N4O2/c1-3-26-20(25)17-14-22-18(15-10-11-15)23-19(17)21-12-7-13-24(2)16-8-5-4-6-9-16/h4-6,8-9,14-15H,3,7,10-13H2,1-2H3,(H,21,22,23). The third-order valence-corrected chi connectivity index (χ3v) is 4.40. The summed E-state index contributed by atoms with van der Waals surface area (Å²) in [6, 6.07) is 10.3. The van der Waals surface area contributed by atoms with Gasteiger partial charge < -0.3 is 15.0 Å². The van der Waals surface area contributed by atoms with E-state index in [-0.39, 0.29) is 5.97 Å². The molecule has 6 nitrogen and oxygen atoms in total. The van der Waals surface area contributed by atoms with Crippen molar-refractivity contribution in [3.05, 3.63) is 47.9 Å². The molecule has 0 saturated heterocycles. The summed E-state index contributed by atoms with van der Waals surface area (Å²) < 4.78 is 5.12.